The molecule has 0 aliphatic carbocycles. The van der Waals surface area contributed by atoms with Gasteiger partial charge in [0.2, 0.25) is 5.91 Å². The second-order valence-corrected chi connectivity index (χ2v) is 7.14. The molecule has 0 saturated carbocycles. The lowest BCUT2D eigenvalue weighted by molar-refractivity contribution is -0.113. The predicted molar refractivity (Wildman–Crippen MR) is 83.7 cm³/mol. The van der Waals surface area contributed by atoms with Crippen LogP contribution in [0.5, 0.6) is 0 Å². The van der Waals surface area contributed by atoms with E-state index in [0.717, 1.165) is 11.6 Å². The lowest BCUT2D eigenvalue weighted by Gasteiger charge is -2.07. The summed E-state index contributed by atoms with van der Waals surface area (Å²) in [5, 5.41) is 2.38. The molecule has 1 N–H and O–H groups in total. The van der Waals surface area contributed by atoms with Gasteiger partial charge in [-0.15, -0.1) is 0 Å². The smallest absolute Gasteiger partial charge is 0.239 e. The summed E-state index contributed by atoms with van der Waals surface area (Å²) in [5.74, 6) is -2.03. The van der Waals surface area contributed by atoms with E-state index in [0.29, 0.717) is 5.56 Å². The molecule has 0 bridgehead atoms. The van der Waals surface area contributed by atoms with Crippen molar-refractivity contribution in [1.82, 2.24) is 0 Å². The van der Waals surface area contributed by atoms with Gasteiger partial charge in [-0.3, -0.25) is 4.79 Å². The summed E-state index contributed by atoms with van der Waals surface area (Å²) >= 11 is 0. The van der Waals surface area contributed by atoms with Crippen LogP contribution in [0.4, 0.5) is 10.1 Å². The number of nitrogens with one attached hydrogen (secondary N) is 1. The number of rotatable bonds is 5. The van der Waals surface area contributed by atoms with E-state index in [2.05, 4.69) is 5.32 Å². The Morgan fingerprint density at radius 2 is 1.86 bits per heavy atom. The maximum Gasteiger partial charge on any atom is 0.239 e. The first-order chi connectivity index (χ1) is 10.3. The third-order valence-electron chi connectivity index (χ3n) is 2.93. The van der Waals surface area contributed by atoms with E-state index in [1.807, 2.05) is 13.0 Å². The number of anilines is 1. The molecule has 0 radical (unpaired) electrons. The molecule has 116 valence electrons. The standard InChI is InChI=1S/C16H16FNO3S/c1-12-4-2-5-13(8-12)10-22(20,21)11-16(19)18-15-7-3-6-14(17)9-15/h2-9H,10-11H2,1H3,(H,18,19). The molecule has 0 aliphatic rings. The summed E-state index contributed by atoms with van der Waals surface area (Å²) in [6, 6.07) is 12.4. The summed E-state index contributed by atoms with van der Waals surface area (Å²) in [7, 11) is -3.59. The van der Waals surface area contributed by atoms with Gasteiger partial charge in [0.1, 0.15) is 11.6 Å². The first-order valence-corrected chi connectivity index (χ1v) is 8.47. The van der Waals surface area contributed by atoms with Gasteiger partial charge >= 0.3 is 0 Å². The Kier molecular flexibility index (Phi) is 4.92. The predicted octanol–water partition coefficient (Wildman–Crippen LogP) is 2.69. The summed E-state index contributed by atoms with van der Waals surface area (Å²) in [6.07, 6.45) is 0. The molecular weight excluding hydrogens is 305 g/mol. The molecule has 4 nitrogen and oxygen atoms in total. The van der Waals surface area contributed by atoms with E-state index in [1.54, 1.807) is 18.2 Å². The Balaban J connectivity index is 2.00. The topological polar surface area (TPSA) is 63.2 Å². The second kappa shape index (κ2) is 6.70. The minimum absolute atomic E-state index is 0.203. The van der Waals surface area contributed by atoms with Crippen LogP contribution in [0.15, 0.2) is 48.5 Å². The van der Waals surface area contributed by atoms with Gasteiger partial charge in [-0.05, 0) is 30.7 Å². The number of halogens is 1. The molecular formula is C16H16FNO3S. The number of hydrogen-bond acceptors (Lipinski definition) is 3. The Morgan fingerprint density at radius 1 is 1.14 bits per heavy atom. The van der Waals surface area contributed by atoms with Crippen LogP contribution in [0.3, 0.4) is 0 Å². The van der Waals surface area contributed by atoms with Crippen LogP contribution in [0.2, 0.25) is 0 Å². The highest BCUT2D eigenvalue weighted by Crippen LogP contribution is 2.11. The van der Waals surface area contributed by atoms with E-state index in [-0.39, 0.29) is 11.4 Å². The molecule has 0 atom stereocenters. The van der Waals surface area contributed by atoms with Crippen molar-refractivity contribution in [3.8, 4) is 0 Å². The third kappa shape index (κ3) is 4.96. The van der Waals surface area contributed by atoms with Crippen molar-refractivity contribution < 1.29 is 17.6 Å². The lowest BCUT2D eigenvalue weighted by Crippen LogP contribution is -2.24. The van der Waals surface area contributed by atoms with Crippen LogP contribution < -0.4 is 5.32 Å². The zero-order chi connectivity index (χ0) is 16.2. The quantitative estimate of drug-likeness (QED) is 0.921. The van der Waals surface area contributed by atoms with Gasteiger partial charge in [0.15, 0.2) is 9.84 Å². The zero-order valence-electron chi connectivity index (χ0n) is 12.0. The molecule has 0 unspecified atom stereocenters. The Hall–Kier alpha value is -2.21. The highest BCUT2D eigenvalue weighted by molar-refractivity contribution is 7.91. The van der Waals surface area contributed by atoms with Gasteiger partial charge in [-0.1, -0.05) is 35.9 Å². The molecule has 0 fully saturated rings. The van der Waals surface area contributed by atoms with E-state index in [1.165, 1.54) is 18.2 Å². The number of hydrogen-bond donors (Lipinski definition) is 1. The molecule has 0 aromatic heterocycles. The van der Waals surface area contributed by atoms with Gasteiger partial charge < -0.3 is 5.32 Å². The maximum atomic E-state index is 13.0. The van der Waals surface area contributed by atoms with Crippen molar-refractivity contribution >= 4 is 21.4 Å². The van der Waals surface area contributed by atoms with Crippen LogP contribution in [0.1, 0.15) is 11.1 Å². The van der Waals surface area contributed by atoms with Crippen molar-refractivity contribution in [2.24, 2.45) is 0 Å². The average molecular weight is 321 g/mol. The first kappa shape index (κ1) is 16.2. The molecule has 0 heterocycles. The highest BCUT2D eigenvalue weighted by Gasteiger charge is 2.17. The van der Waals surface area contributed by atoms with Crippen molar-refractivity contribution in [2.75, 3.05) is 11.1 Å². The SMILES string of the molecule is Cc1cccc(CS(=O)(=O)CC(=O)Nc2cccc(F)c2)c1. The van der Waals surface area contributed by atoms with Gasteiger partial charge in [0.05, 0.1) is 5.75 Å². The number of aryl methyl sites for hydroxylation is 1. The molecule has 6 heteroatoms. The fourth-order valence-corrected chi connectivity index (χ4v) is 3.33. The van der Waals surface area contributed by atoms with E-state index < -0.39 is 27.3 Å². The third-order valence-corrected chi connectivity index (χ3v) is 4.40. The zero-order valence-corrected chi connectivity index (χ0v) is 12.9. The summed E-state index contributed by atoms with van der Waals surface area (Å²) in [4.78, 5) is 11.8. The van der Waals surface area contributed by atoms with Crippen molar-refractivity contribution in [1.29, 1.82) is 0 Å². The molecule has 2 aromatic carbocycles. The first-order valence-electron chi connectivity index (χ1n) is 6.65. The number of carbonyl (C=O) groups excluding carboxylic acids is 1. The minimum Gasteiger partial charge on any atom is -0.325 e. The Morgan fingerprint density at radius 3 is 2.55 bits per heavy atom. The molecule has 0 spiro atoms. The average Bonchev–Trinajstić information content (AvgIpc) is 2.36. The van der Waals surface area contributed by atoms with Crippen molar-refractivity contribution in [2.45, 2.75) is 12.7 Å². The number of carbonyl (C=O) groups is 1. The van der Waals surface area contributed by atoms with Crippen LogP contribution in [0.25, 0.3) is 0 Å². The van der Waals surface area contributed by atoms with E-state index >= 15 is 0 Å². The maximum absolute atomic E-state index is 13.0. The van der Waals surface area contributed by atoms with Crippen LogP contribution >= 0.6 is 0 Å². The van der Waals surface area contributed by atoms with Crippen LogP contribution in [0, 0.1) is 12.7 Å². The molecule has 2 rings (SSSR count). The molecule has 22 heavy (non-hydrogen) atoms. The summed E-state index contributed by atoms with van der Waals surface area (Å²) in [6.45, 7) is 1.87. The highest BCUT2D eigenvalue weighted by atomic mass is 32.2. The van der Waals surface area contributed by atoms with Crippen LogP contribution in [-0.4, -0.2) is 20.1 Å². The van der Waals surface area contributed by atoms with Gasteiger partial charge in [-0.25, -0.2) is 12.8 Å². The van der Waals surface area contributed by atoms with E-state index in [4.69, 9.17) is 0 Å². The Labute approximate surface area is 128 Å². The molecule has 0 aliphatic heterocycles. The van der Waals surface area contributed by atoms with E-state index in [9.17, 15) is 17.6 Å². The lowest BCUT2D eigenvalue weighted by atomic mass is 10.2. The van der Waals surface area contributed by atoms with Crippen molar-refractivity contribution in [3.63, 3.8) is 0 Å². The second-order valence-electron chi connectivity index (χ2n) is 5.08. The van der Waals surface area contributed by atoms with Gasteiger partial charge in [0, 0.05) is 5.69 Å². The monoisotopic (exact) mass is 321 g/mol. The normalized spacial score (nSPS) is 11.2. The van der Waals surface area contributed by atoms with Crippen molar-refractivity contribution in [3.05, 3.63) is 65.5 Å². The number of sulfone groups is 1. The minimum atomic E-state index is -3.59. The molecule has 1 amide bonds. The Bertz CT molecular complexity index is 787. The van der Waals surface area contributed by atoms with Gasteiger partial charge in [-0.2, -0.15) is 0 Å². The summed E-state index contributed by atoms with van der Waals surface area (Å²) < 4.78 is 37.1. The number of amides is 1. The summed E-state index contributed by atoms with van der Waals surface area (Å²) in [5.41, 5.74) is 1.83. The largest absolute Gasteiger partial charge is 0.325 e. The fraction of sp³-hybridized carbons (Fsp3) is 0.188. The van der Waals surface area contributed by atoms with Gasteiger partial charge in [0.25, 0.3) is 0 Å². The number of benzene rings is 2. The molecule has 0 saturated heterocycles. The molecule has 2 aromatic rings. The fourth-order valence-electron chi connectivity index (χ4n) is 2.07. The van der Waals surface area contributed by atoms with Crippen LogP contribution in [-0.2, 0) is 20.4 Å².